The number of benzene rings is 1. The van der Waals surface area contributed by atoms with Crippen LogP contribution in [-0.4, -0.2) is 11.7 Å². The van der Waals surface area contributed by atoms with Crippen LogP contribution in [0.2, 0.25) is 0 Å². The van der Waals surface area contributed by atoms with Crippen molar-refractivity contribution in [3.8, 4) is 0 Å². The predicted octanol–water partition coefficient (Wildman–Crippen LogP) is 3.45. The molecule has 3 heteroatoms. The summed E-state index contributed by atoms with van der Waals surface area (Å²) in [7, 11) is 0. The highest BCUT2D eigenvalue weighted by molar-refractivity contribution is 14.1. The first kappa shape index (κ1) is 11.2. The Morgan fingerprint density at radius 2 is 2.31 bits per heavy atom. The number of aliphatic hydroxyl groups is 1. The maximum atomic E-state index is 8.73. The molecule has 70 valence electrons. The van der Waals surface area contributed by atoms with Crippen LogP contribution in [0.15, 0.2) is 28.7 Å². The van der Waals surface area contributed by atoms with Gasteiger partial charge in [0, 0.05) is 8.04 Å². The summed E-state index contributed by atoms with van der Waals surface area (Å²) < 4.78 is 2.29. The maximum absolute atomic E-state index is 8.73. The topological polar surface area (TPSA) is 20.2 Å². The summed E-state index contributed by atoms with van der Waals surface area (Å²) in [5.74, 6) is 0. The van der Waals surface area contributed by atoms with Gasteiger partial charge in [-0.25, -0.2) is 0 Å². The number of aliphatic hydroxyl groups excluding tert-OH is 1. The van der Waals surface area contributed by atoms with Gasteiger partial charge in [-0.3, -0.25) is 0 Å². The highest BCUT2D eigenvalue weighted by Crippen LogP contribution is 2.23. The fraction of sp³-hybridized carbons (Fsp3) is 0.200. The first-order valence-electron chi connectivity index (χ1n) is 3.88. The molecule has 0 aliphatic heterocycles. The third-order valence-electron chi connectivity index (χ3n) is 1.77. The fourth-order valence-corrected chi connectivity index (χ4v) is 1.76. The standard InChI is InChI=1S/C10H10BrIO/c1-7(4-5-13)8-2-3-9(11)10(12)6-8/h2-4,6,13H,5H2,1H3. The van der Waals surface area contributed by atoms with Crippen molar-refractivity contribution in [2.75, 3.05) is 6.61 Å². The molecule has 0 spiro atoms. The predicted molar refractivity (Wildman–Crippen MR) is 67.6 cm³/mol. The molecule has 0 aromatic heterocycles. The fourth-order valence-electron chi connectivity index (χ4n) is 0.996. The lowest BCUT2D eigenvalue weighted by atomic mass is 10.1. The van der Waals surface area contributed by atoms with Gasteiger partial charge in [0.2, 0.25) is 0 Å². The Morgan fingerprint density at radius 3 is 2.85 bits per heavy atom. The molecule has 1 nitrogen and oxygen atoms in total. The molecule has 0 aliphatic carbocycles. The van der Waals surface area contributed by atoms with Crippen LogP contribution in [0, 0.1) is 3.57 Å². The van der Waals surface area contributed by atoms with Crippen LogP contribution in [0.4, 0.5) is 0 Å². The Labute approximate surface area is 100 Å². The summed E-state index contributed by atoms with van der Waals surface area (Å²) in [6, 6.07) is 6.14. The monoisotopic (exact) mass is 352 g/mol. The number of hydrogen-bond acceptors (Lipinski definition) is 1. The molecule has 0 unspecified atom stereocenters. The van der Waals surface area contributed by atoms with E-state index in [0.29, 0.717) is 0 Å². The smallest absolute Gasteiger partial charge is 0.0618 e. The van der Waals surface area contributed by atoms with Crippen LogP contribution in [-0.2, 0) is 0 Å². The summed E-state index contributed by atoms with van der Waals surface area (Å²) in [6.07, 6.45) is 1.80. The Kier molecular flexibility index (Phi) is 4.41. The molecule has 0 heterocycles. The average Bonchev–Trinajstić information content (AvgIpc) is 2.10. The van der Waals surface area contributed by atoms with Crippen LogP contribution >= 0.6 is 38.5 Å². The van der Waals surface area contributed by atoms with E-state index in [9.17, 15) is 0 Å². The number of rotatable bonds is 2. The van der Waals surface area contributed by atoms with Crippen LogP contribution in [0.1, 0.15) is 12.5 Å². The van der Waals surface area contributed by atoms with E-state index in [0.717, 1.165) is 15.6 Å². The van der Waals surface area contributed by atoms with Gasteiger partial charge in [-0.2, -0.15) is 0 Å². The molecular formula is C10H10BrIO. The van der Waals surface area contributed by atoms with E-state index in [4.69, 9.17) is 5.11 Å². The minimum Gasteiger partial charge on any atom is -0.392 e. The number of halogens is 2. The van der Waals surface area contributed by atoms with Crippen molar-refractivity contribution < 1.29 is 5.11 Å². The van der Waals surface area contributed by atoms with E-state index >= 15 is 0 Å². The van der Waals surface area contributed by atoms with Gasteiger partial charge in [-0.15, -0.1) is 0 Å². The molecule has 0 atom stereocenters. The Morgan fingerprint density at radius 1 is 1.62 bits per heavy atom. The SMILES string of the molecule is CC(=CCO)c1ccc(Br)c(I)c1. The highest BCUT2D eigenvalue weighted by Gasteiger charge is 1.99. The van der Waals surface area contributed by atoms with Crippen LogP contribution in [0.5, 0.6) is 0 Å². The largest absolute Gasteiger partial charge is 0.392 e. The Bertz CT molecular complexity index is 334. The molecule has 1 aromatic carbocycles. The van der Waals surface area contributed by atoms with Gasteiger partial charge in [0.1, 0.15) is 0 Å². The molecule has 0 bridgehead atoms. The zero-order valence-electron chi connectivity index (χ0n) is 7.22. The molecule has 0 saturated heterocycles. The lowest BCUT2D eigenvalue weighted by Gasteiger charge is -2.03. The van der Waals surface area contributed by atoms with Crippen LogP contribution in [0.25, 0.3) is 5.57 Å². The zero-order chi connectivity index (χ0) is 9.84. The Hall–Kier alpha value is 0.130. The minimum absolute atomic E-state index is 0.0957. The second kappa shape index (κ2) is 5.12. The van der Waals surface area contributed by atoms with Crippen molar-refractivity contribution in [1.29, 1.82) is 0 Å². The molecule has 0 saturated carbocycles. The molecular weight excluding hydrogens is 343 g/mol. The van der Waals surface area contributed by atoms with Gasteiger partial charge in [0.15, 0.2) is 0 Å². The molecule has 13 heavy (non-hydrogen) atoms. The van der Waals surface area contributed by atoms with Gasteiger partial charge in [0.25, 0.3) is 0 Å². The van der Waals surface area contributed by atoms with Crippen molar-refractivity contribution in [3.05, 3.63) is 37.9 Å². The van der Waals surface area contributed by atoms with Gasteiger partial charge in [-0.1, -0.05) is 12.1 Å². The molecule has 0 radical (unpaired) electrons. The van der Waals surface area contributed by atoms with E-state index in [1.54, 1.807) is 6.08 Å². The normalized spacial score (nSPS) is 11.8. The van der Waals surface area contributed by atoms with E-state index < -0.39 is 0 Å². The summed E-state index contributed by atoms with van der Waals surface area (Å²) >= 11 is 5.72. The highest BCUT2D eigenvalue weighted by atomic mass is 127. The van der Waals surface area contributed by atoms with Gasteiger partial charge in [-0.05, 0) is 68.7 Å². The Balaban J connectivity index is 3.04. The summed E-state index contributed by atoms with van der Waals surface area (Å²) in [5.41, 5.74) is 2.26. The first-order valence-corrected chi connectivity index (χ1v) is 5.75. The van der Waals surface area contributed by atoms with Crippen molar-refractivity contribution in [3.63, 3.8) is 0 Å². The number of hydrogen-bond donors (Lipinski definition) is 1. The van der Waals surface area contributed by atoms with Crippen molar-refractivity contribution >= 4 is 44.1 Å². The lowest BCUT2D eigenvalue weighted by Crippen LogP contribution is -1.84. The maximum Gasteiger partial charge on any atom is 0.0618 e. The molecule has 0 aliphatic rings. The summed E-state index contributed by atoms with van der Waals surface area (Å²) in [4.78, 5) is 0. The van der Waals surface area contributed by atoms with Crippen molar-refractivity contribution in [2.24, 2.45) is 0 Å². The lowest BCUT2D eigenvalue weighted by molar-refractivity contribution is 0.343. The van der Waals surface area contributed by atoms with E-state index in [-0.39, 0.29) is 6.61 Å². The van der Waals surface area contributed by atoms with E-state index in [1.807, 2.05) is 19.1 Å². The average molecular weight is 353 g/mol. The molecule has 1 rings (SSSR count). The zero-order valence-corrected chi connectivity index (χ0v) is 11.0. The first-order chi connectivity index (χ1) is 6.15. The van der Waals surface area contributed by atoms with Crippen LogP contribution < -0.4 is 0 Å². The van der Waals surface area contributed by atoms with Crippen molar-refractivity contribution in [1.82, 2.24) is 0 Å². The third kappa shape index (κ3) is 3.07. The second-order valence-electron chi connectivity index (χ2n) is 2.70. The molecule has 0 fully saturated rings. The summed E-state index contributed by atoms with van der Waals surface area (Å²) in [6.45, 7) is 2.09. The van der Waals surface area contributed by atoms with Gasteiger partial charge in [0.05, 0.1) is 6.61 Å². The molecule has 1 aromatic rings. The quantitative estimate of drug-likeness (QED) is 0.808. The summed E-state index contributed by atoms with van der Waals surface area (Å²) in [5, 5.41) is 8.73. The third-order valence-corrected chi connectivity index (χ3v) is 4.10. The van der Waals surface area contributed by atoms with Gasteiger partial charge < -0.3 is 5.11 Å². The number of allylic oxidation sites excluding steroid dienone is 1. The van der Waals surface area contributed by atoms with Gasteiger partial charge >= 0.3 is 0 Å². The molecule has 1 N–H and O–H groups in total. The second-order valence-corrected chi connectivity index (χ2v) is 4.72. The van der Waals surface area contributed by atoms with Crippen LogP contribution in [0.3, 0.4) is 0 Å². The van der Waals surface area contributed by atoms with E-state index in [2.05, 4.69) is 44.6 Å². The minimum atomic E-state index is 0.0957. The van der Waals surface area contributed by atoms with E-state index in [1.165, 1.54) is 3.57 Å². The molecule has 0 amide bonds. The van der Waals surface area contributed by atoms with Crippen molar-refractivity contribution in [2.45, 2.75) is 6.92 Å².